The molecule has 0 radical (unpaired) electrons. The summed E-state index contributed by atoms with van der Waals surface area (Å²) >= 11 is 0. The van der Waals surface area contributed by atoms with Gasteiger partial charge in [-0.05, 0) is 18.2 Å². The van der Waals surface area contributed by atoms with E-state index in [-0.39, 0.29) is 22.4 Å². The predicted octanol–water partition coefficient (Wildman–Crippen LogP) is 2.43. The Balaban J connectivity index is 1.69. The highest BCUT2D eigenvalue weighted by molar-refractivity contribution is 5.97. The van der Waals surface area contributed by atoms with E-state index in [9.17, 15) is 13.6 Å². The quantitative estimate of drug-likeness (QED) is 0.750. The minimum Gasteiger partial charge on any atom is -0.334 e. The van der Waals surface area contributed by atoms with Crippen LogP contribution in [0, 0.1) is 11.6 Å². The second-order valence-electron chi connectivity index (χ2n) is 5.50. The van der Waals surface area contributed by atoms with Crippen LogP contribution in [0.3, 0.4) is 0 Å². The Kier molecular flexibility index (Phi) is 3.07. The van der Waals surface area contributed by atoms with Crippen molar-refractivity contribution >= 4 is 16.8 Å². The fourth-order valence-electron chi connectivity index (χ4n) is 2.85. The molecule has 1 amide bonds. The lowest BCUT2D eigenvalue weighted by atomic mass is 10.1. The summed E-state index contributed by atoms with van der Waals surface area (Å²) in [4.78, 5) is 18.2. The highest BCUT2D eigenvalue weighted by Crippen LogP contribution is 2.22. The molecule has 23 heavy (non-hydrogen) atoms. The molecule has 3 aromatic rings. The largest absolute Gasteiger partial charge is 0.334 e. The van der Waals surface area contributed by atoms with Gasteiger partial charge in [-0.2, -0.15) is 5.10 Å². The van der Waals surface area contributed by atoms with Crippen molar-refractivity contribution in [1.82, 2.24) is 20.1 Å². The van der Waals surface area contributed by atoms with Gasteiger partial charge in [-0.25, -0.2) is 8.78 Å². The molecule has 116 valence electrons. The second kappa shape index (κ2) is 5.12. The van der Waals surface area contributed by atoms with Gasteiger partial charge in [0.15, 0.2) is 0 Å². The van der Waals surface area contributed by atoms with E-state index in [2.05, 4.69) is 15.2 Å². The minimum atomic E-state index is -0.610. The number of nitrogens with one attached hydrogen (secondary N) is 1. The molecule has 0 atom stereocenters. The van der Waals surface area contributed by atoms with Gasteiger partial charge in [0.25, 0.3) is 5.91 Å². The zero-order valence-corrected chi connectivity index (χ0v) is 12.0. The summed E-state index contributed by atoms with van der Waals surface area (Å²) in [5.74, 6) is -1.46. The molecule has 0 fully saturated rings. The number of rotatable bonds is 1. The minimum absolute atomic E-state index is 0.0110. The van der Waals surface area contributed by atoms with Gasteiger partial charge < -0.3 is 4.90 Å². The SMILES string of the molecule is O=C(c1cnc2c(F)ccc(F)c2c1)N1CCc2[nH]ncc2C1. The lowest BCUT2D eigenvalue weighted by Gasteiger charge is -2.26. The molecule has 0 spiro atoms. The first-order chi connectivity index (χ1) is 11.1. The van der Waals surface area contributed by atoms with Gasteiger partial charge in [-0.15, -0.1) is 0 Å². The predicted molar refractivity (Wildman–Crippen MR) is 78.7 cm³/mol. The molecule has 1 aliphatic heterocycles. The van der Waals surface area contributed by atoms with Crippen molar-refractivity contribution in [3.05, 3.63) is 59.0 Å². The van der Waals surface area contributed by atoms with Gasteiger partial charge >= 0.3 is 0 Å². The van der Waals surface area contributed by atoms with Gasteiger partial charge in [-0.3, -0.25) is 14.9 Å². The van der Waals surface area contributed by atoms with Crippen molar-refractivity contribution in [2.75, 3.05) is 6.54 Å². The fraction of sp³-hybridized carbons (Fsp3) is 0.188. The topological polar surface area (TPSA) is 61.9 Å². The monoisotopic (exact) mass is 314 g/mol. The molecule has 0 unspecified atom stereocenters. The molecule has 1 N–H and O–H groups in total. The molecule has 1 aromatic carbocycles. The number of pyridine rings is 1. The number of fused-ring (bicyclic) bond motifs is 2. The van der Waals surface area contributed by atoms with Crippen LogP contribution in [-0.2, 0) is 13.0 Å². The lowest BCUT2D eigenvalue weighted by molar-refractivity contribution is 0.0734. The normalized spacial score (nSPS) is 14.1. The van der Waals surface area contributed by atoms with Gasteiger partial charge in [-0.1, -0.05) is 0 Å². The average molecular weight is 314 g/mol. The first-order valence-corrected chi connectivity index (χ1v) is 7.17. The molecule has 7 heteroatoms. The fourth-order valence-corrected chi connectivity index (χ4v) is 2.85. The van der Waals surface area contributed by atoms with E-state index in [4.69, 9.17) is 0 Å². The Hall–Kier alpha value is -2.83. The van der Waals surface area contributed by atoms with Crippen LogP contribution < -0.4 is 0 Å². The maximum atomic E-state index is 13.9. The number of amides is 1. The van der Waals surface area contributed by atoms with Crippen LogP contribution in [0.5, 0.6) is 0 Å². The summed E-state index contributed by atoms with van der Waals surface area (Å²) in [7, 11) is 0. The smallest absolute Gasteiger partial charge is 0.255 e. The number of hydrogen-bond donors (Lipinski definition) is 1. The number of benzene rings is 1. The number of aromatic amines is 1. The van der Waals surface area contributed by atoms with E-state index in [1.165, 1.54) is 12.3 Å². The Morgan fingerprint density at radius 1 is 1.22 bits per heavy atom. The first-order valence-electron chi connectivity index (χ1n) is 7.17. The van der Waals surface area contributed by atoms with E-state index < -0.39 is 11.6 Å². The Labute approximate surface area is 129 Å². The molecule has 1 aliphatic rings. The Morgan fingerprint density at radius 2 is 2.04 bits per heavy atom. The summed E-state index contributed by atoms with van der Waals surface area (Å²) < 4.78 is 27.5. The summed E-state index contributed by atoms with van der Waals surface area (Å²) in [6.45, 7) is 0.978. The number of nitrogens with zero attached hydrogens (tertiary/aromatic N) is 3. The average Bonchev–Trinajstić information content (AvgIpc) is 3.05. The summed E-state index contributed by atoms with van der Waals surface area (Å²) in [6, 6.07) is 3.41. The van der Waals surface area contributed by atoms with Crippen LogP contribution in [0.1, 0.15) is 21.6 Å². The van der Waals surface area contributed by atoms with Crippen LogP contribution >= 0.6 is 0 Å². The molecule has 0 aliphatic carbocycles. The summed E-state index contributed by atoms with van der Waals surface area (Å²) in [5.41, 5.74) is 2.17. The Bertz CT molecular complexity index is 922. The maximum absolute atomic E-state index is 13.9. The van der Waals surface area contributed by atoms with Crippen LogP contribution in [0.2, 0.25) is 0 Å². The van der Waals surface area contributed by atoms with Crippen molar-refractivity contribution in [1.29, 1.82) is 0 Å². The van der Waals surface area contributed by atoms with Crippen LogP contribution in [0.4, 0.5) is 8.78 Å². The van der Waals surface area contributed by atoms with Gasteiger partial charge in [0, 0.05) is 42.4 Å². The van der Waals surface area contributed by atoms with Crippen molar-refractivity contribution in [2.24, 2.45) is 0 Å². The third-order valence-electron chi connectivity index (χ3n) is 4.08. The number of aromatic nitrogens is 3. The number of carbonyl (C=O) groups is 1. The van der Waals surface area contributed by atoms with E-state index in [1.54, 1.807) is 11.1 Å². The van der Waals surface area contributed by atoms with E-state index in [1.807, 2.05) is 0 Å². The number of carbonyl (C=O) groups excluding carboxylic acids is 1. The highest BCUT2D eigenvalue weighted by atomic mass is 19.1. The molecular weight excluding hydrogens is 302 g/mol. The zero-order chi connectivity index (χ0) is 16.0. The van der Waals surface area contributed by atoms with Gasteiger partial charge in [0.1, 0.15) is 17.2 Å². The highest BCUT2D eigenvalue weighted by Gasteiger charge is 2.23. The summed E-state index contributed by atoms with van der Waals surface area (Å²) in [6.07, 6.45) is 3.67. The zero-order valence-electron chi connectivity index (χ0n) is 12.0. The standard InChI is InChI=1S/C16H12F2N4O/c17-12-1-2-13(18)15-11(12)5-9(6-19-15)16(23)22-4-3-14-10(8-22)7-20-21-14/h1-2,5-7H,3-4,8H2,(H,20,21). The van der Waals surface area contributed by atoms with Crippen molar-refractivity contribution in [3.8, 4) is 0 Å². The summed E-state index contributed by atoms with van der Waals surface area (Å²) in [5, 5.41) is 6.88. The van der Waals surface area contributed by atoms with Crippen LogP contribution in [0.25, 0.3) is 10.9 Å². The molecule has 2 aromatic heterocycles. The molecule has 0 saturated heterocycles. The van der Waals surface area contributed by atoms with Crippen molar-refractivity contribution in [3.63, 3.8) is 0 Å². The third kappa shape index (κ3) is 2.25. The molecule has 0 bridgehead atoms. The molecular formula is C16H12F2N4O. The number of halogens is 2. The first kappa shape index (κ1) is 13.8. The van der Waals surface area contributed by atoms with Gasteiger partial charge in [0.2, 0.25) is 0 Å². The van der Waals surface area contributed by atoms with E-state index >= 15 is 0 Å². The maximum Gasteiger partial charge on any atom is 0.255 e. The van der Waals surface area contributed by atoms with Gasteiger partial charge in [0.05, 0.1) is 11.8 Å². The van der Waals surface area contributed by atoms with Crippen LogP contribution in [-0.4, -0.2) is 32.5 Å². The lowest BCUT2D eigenvalue weighted by Crippen LogP contribution is -2.35. The number of H-pyrrole nitrogens is 1. The third-order valence-corrected chi connectivity index (χ3v) is 4.08. The van der Waals surface area contributed by atoms with E-state index in [0.29, 0.717) is 19.5 Å². The molecule has 4 rings (SSSR count). The molecule has 3 heterocycles. The number of hydrogen-bond acceptors (Lipinski definition) is 3. The molecule has 5 nitrogen and oxygen atoms in total. The molecule has 0 saturated carbocycles. The van der Waals surface area contributed by atoms with Crippen molar-refractivity contribution < 1.29 is 13.6 Å². The Morgan fingerprint density at radius 3 is 2.91 bits per heavy atom. The van der Waals surface area contributed by atoms with Crippen molar-refractivity contribution in [2.45, 2.75) is 13.0 Å². The van der Waals surface area contributed by atoms with E-state index in [0.717, 1.165) is 23.4 Å². The second-order valence-corrected chi connectivity index (χ2v) is 5.50. The van der Waals surface area contributed by atoms with Crippen LogP contribution in [0.15, 0.2) is 30.6 Å².